The van der Waals surface area contributed by atoms with Gasteiger partial charge in [-0.15, -0.1) is 0 Å². The van der Waals surface area contributed by atoms with Crippen LogP contribution in [-0.4, -0.2) is 20.5 Å². The molecule has 1 atom stereocenters. The van der Waals surface area contributed by atoms with Gasteiger partial charge in [-0.3, -0.25) is 4.18 Å². The van der Waals surface area contributed by atoms with Crippen molar-refractivity contribution in [3.63, 3.8) is 0 Å². The van der Waals surface area contributed by atoms with Crippen LogP contribution in [0.25, 0.3) is 0 Å². The van der Waals surface area contributed by atoms with E-state index in [1.165, 1.54) is 51.4 Å². The van der Waals surface area contributed by atoms with Crippen molar-refractivity contribution in [3.8, 4) is 0 Å². The average Bonchev–Trinajstić information content (AvgIpc) is 2.63. The van der Waals surface area contributed by atoms with E-state index in [4.69, 9.17) is 0 Å². The Kier molecular flexibility index (Phi) is 16.3. The number of rotatable bonds is 19. The highest BCUT2D eigenvalue weighted by Gasteiger charge is 2.47. The second-order valence-corrected chi connectivity index (χ2v) is 9.48. The zero-order chi connectivity index (χ0) is 21.3. The Morgan fingerprint density at radius 3 is 1.39 bits per heavy atom. The van der Waals surface area contributed by atoms with Gasteiger partial charge in [-0.25, -0.2) is 0 Å². The van der Waals surface area contributed by atoms with Crippen LogP contribution in [0.15, 0.2) is 0 Å². The number of unbranched alkanes of at least 4 members (excludes halogenated alkanes) is 12. The van der Waals surface area contributed by atoms with Gasteiger partial charge in [0.1, 0.15) is 0 Å². The van der Waals surface area contributed by atoms with Crippen molar-refractivity contribution in [2.75, 3.05) is 6.61 Å². The third kappa shape index (κ3) is 14.7. The first-order valence-electron chi connectivity index (χ1n) is 11.2. The molecule has 0 bridgehead atoms. The third-order valence-corrected chi connectivity index (χ3v) is 6.19. The van der Waals surface area contributed by atoms with Crippen molar-refractivity contribution < 1.29 is 25.8 Å². The average molecular weight is 431 g/mol. The molecule has 1 unspecified atom stereocenters. The summed E-state index contributed by atoms with van der Waals surface area (Å²) in [4.78, 5) is 0. The minimum absolute atomic E-state index is 0.122. The van der Waals surface area contributed by atoms with Gasteiger partial charge in [0.15, 0.2) is 0 Å². The fourth-order valence-electron chi connectivity index (χ4n) is 3.34. The lowest BCUT2D eigenvalue weighted by Gasteiger charge is -2.17. The highest BCUT2D eigenvalue weighted by Crippen LogP contribution is 2.27. The molecule has 28 heavy (non-hydrogen) atoms. The van der Waals surface area contributed by atoms with E-state index in [1.807, 2.05) is 0 Å². The lowest BCUT2D eigenvalue weighted by molar-refractivity contribution is -0.0552. The van der Waals surface area contributed by atoms with Gasteiger partial charge in [0.25, 0.3) is 0 Å². The largest absolute Gasteiger partial charge is 0.523 e. The van der Waals surface area contributed by atoms with Crippen LogP contribution in [0.3, 0.4) is 0 Å². The van der Waals surface area contributed by atoms with Crippen molar-refractivity contribution >= 4 is 10.1 Å². The van der Waals surface area contributed by atoms with Gasteiger partial charge >= 0.3 is 15.6 Å². The lowest BCUT2D eigenvalue weighted by atomic mass is 9.95. The number of hydrogen-bond acceptors (Lipinski definition) is 3. The predicted octanol–water partition coefficient (Wildman–Crippen LogP) is 7.75. The Labute approximate surface area is 170 Å². The highest BCUT2D eigenvalue weighted by atomic mass is 32.2. The molecular formula is C21H41F3O3S. The molecule has 0 aliphatic heterocycles. The van der Waals surface area contributed by atoms with Crippen LogP contribution in [0.4, 0.5) is 13.2 Å². The molecule has 0 saturated carbocycles. The fourth-order valence-corrected chi connectivity index (χ4v) is 3.85. The van der Waals surface area contributed by atoms with E-state index < -0.39 is 15.6 Å². The first-order chi connectivity index (χ1) is 13.2. The summed E-state index contributed by atoms with van der Waals surface area (Å²) in [5.41, 5.74) is -5.34. The van der Waals surface area contributed by atoms with Gasteiger partial charge in [-0.1, -0.05) is 104 Å². The summed E-state index contributed by atoms with van der Waals surface area (Å²) in [5, 5.41) is 0. The minimum Gasteiger partial charge on any atom is -0.263 e. The second-order valence-electron chi connectivity index (χ2n) is 7.87. The van der Waals surface area contributed by atoms with Crippen LogP contribution in [-0.2, 0) is 14.3 Å². The monoisotopic (exact) mass is 430 g/mol. The Bertz CT molecular complexity index is 450. The van der Waals surface area contributed by atoms with E-state index in [0.29, 0.717) is 0 Å². The number of alkyl halides is 3. The summed E-state index contributed by atoms with van der Waals surface area (Å²) < 4.78 is 64.1. The predicted molar refractivity (Wildman–Crippen MR) is 110 cm³/mol. The Morgan fingerprint density at radius 2 is 1.04 bits per heavy atom. The van der Waals surface area contributed by atoms with Crippen molar-refractivity contribution in [1.82, 2.24) is 0 Å². The van der Waals surface area contributed by atoms with E-state index in [2.05, 4.69) is 18.0 Å². The van der Waals surface area contributed by atoms with Gasteiger partial charge in [0.05, 0.1) is 6.61 Å². The Morgan fingerprint density at radius 1 is 0.679 bits per heavy atom. The molecule has 0 aromatic rings. The summed E-state index contributed by atoms with van der Waals surface area (Å²) in [5.74, 6) is -0.122. The molecule has 0 rings (SSSR count). The van der Waals surface area contributed by atoms with Crippen LogP contribution >= 0.6 is 0 Å². The molecule has 0 amide bonds. The van der Waals surface area contributed by atoms with Gasteiger partial charge in [0.2, 0.25) is 0 Å². The standard InChI is InChI=1S/C21H41F3O3S/c1-3-5-7-9-11-12-14-16-18-20(17-15-13-10-8-6-4-2)19-27-28(25,26)21(22,23)24/h20H,3-19H2,1-2H3. The molecule has 0 aromatic carbocycles. The van der Waals surface area contributed by atoms with Crippen LogP contribution in [0, 0.1) is 5.92 Å². The zero-order valence-electron chi connectivity index (χ0n) is 17.9. The smallest absolute Gasteiger partial charge is 0.263 e. The number of halogens is 3. The van der Waals surface area contributed by atoms with Crippen LogP contribution in [0.1, 0.15) is 117 Å². The van der Waals surface area contributed by atoms with Gasteiger partial charge in [-0.2, -0.15) is 21.6 Å². The van der Waals surface area contributed by atoms with Crippen molar-refractivity contribution in [2.45, 2.75) is 122 Å². The number of hydrogen-bond donors (Lipinski definition) is 0. The molecule has 0 aromatic heterocycles. The van der Waals surface area contributed by atoms with E-state index in [-0.39, 0.29) is 12.5 Å². The van der Waals surface area contributed by atoms with E-state index in [0.717, 1.165) is 51.4 Å². The molecule has 7 heteroatoms. The maximum Gasteiger partial charge on any atom is 0.523 e. The molecule has 0 spiro atoms. The topological polar surface area (TPSA) is 43.4 Å². The van der Waals surface area contributed by atoms with Crippen molar-refractivity contribution in [3.05, 3.63) is 0 Å². The Balaban J connectivity index is 4.21. The maximum absolute atomic E-state index is 12.5. The summed E-state index contributed by atoms with van der Waals surface area (Å²) in [7, 11) is -5.48. The molecule has 0 N–H and O–H groups in total. The highest BCUT2D eigenvalue weighted by molar-refractivity contribution is 7.87. The van der Waals surface area contributed by atoms with Crippen molar-refractivity contribution in [1.29, 1.82) is 0 Å². The first kappa shape index (κ1) is 27.7. The summed E-state index contributed by atoms with van der Waals surface area (Å²) in [6.45, 7) is 3.98. The maximum atomic E-state index is 12.5. The van der Waals surface area contributed by atoms with Crippen LogP contribution in [0.2, 0.25) is 0 Å². The summed E-state index contributed by atoms with van der Waals surface area (Å²) in [6, 6.07) is 0. The molecule has 0 aliphatic carbocycles. The normalized spacial score (nSPS) is 13.8. The molecule has 0 aliphatic rings. The van der Waals surface area contributed by atoms with E-state index in [1.54, 1.807) is 0 Å². The zero-order valence-corrected chi connectivity index (χ0v) is 18.7. The SMILES string of the molecule is CCCCCCCCCCC(CCCCCCCC)COS(=O)(=O)C(F)(F)F. The second kappa shape index (κ2) is 16.5. The van der Waals surface area contributed by atoms with Crippen LogP contribution in [0.5, 0.6) is 0 Å². The Hall–Kier alpha value is -0.300. The minimum atomic E-state index is -5.48. The van der Waals surface area contributed by atoms with Gasteiger partial charge < -0.3 is 0 Å². The van der Waals surface area contributed by atoms with Crippen LogP contribution < -0.4 is 0 Å². The van der Waals surface area contributed by atoms with E-state index in [9.17, 15) is 21.6 Å². The van der Waals surface area contributed by atoms with Gasteiger partial charge in [0, 0.05) is 0 Å². The molecule has 170 valence electrons. The van der Waals surface area contributed by atoms with Crippen molar-refractivity contribution in [2.24, 2.45) is 5.92 Å². The summed E-state index contributed by atoms with van der Waals surface area (Å²) >= 11 is 0. The molecule has 0 radical (unpaired) electrons. The van der Waals surface area contributed by atoms with E-state index >= 15 is 0 Å². The molecule has 0 heterocycles. The molecule has 0 saturated heterocycles. The summed E-state index contributed by atoms with van der Waals surface area (Å²) in [6.07, 6.45) is 17.4. The first-order valence-corrected chi connectivity index (χ1v) is 12.6. The third-order valence-electron chi connectivity index (χ3n) is 5.17. The molecular weight excluding hydrogens is 389 g/mol. The quantitative estimate of drug-likeness (QED) is 0.119. The van der Waals surface area contributed by atoms with Gasteiger partial charge in [-0.05, 0) is 18.8 Å². The lowest BCUT2D eigenvalue weighted by Crippen LogP contribution is -2.27. The fraction of sp³-hybridized carbons (Fsp3) is 1.00. The molecule has 3 nitrogen and oxygen atoms in total. The molecule has 0 fully saturated rings.